The van der Waals surface area contributed by atoms with Crippen LogP contribution >= 0.6 is 11.6 Å². The molecule has 4 heteroatoms. The molecule has 2 N–H and O–H groups in total. The second-order valence-corrected chi connectivity index (χ2v) is 6.12. The van der Waals surface area contributed by atoms with Crippen molar-refractivity contribution in [1.29, 1.82) is 0 Å². The zero-order valence-electron chi connectivity index (χ0n) is 10.9. The largest absolute Gasteiger partial charge is 0.338 e. The van der Waals surface area contributed by atoms with Crippen LogP contribution in [-0.4, -0.2) is 29.9 Å². The predicted molar refractivity (Wildman–Crippen MR) is 76.2 cm³/mol. The molecular formula is C15H19ClN2O. The van der Waals surface area contributed by atoms with Gasteiger partial charge in [-0.15, -0.1) is 0 Å². The van der Waals surface area contributed by atoms with Crippen LogP contribution in [0.25, 0.3) is 0 Å². The Bertz CT molecular complexity index is 491. The number of carbonyl (C=O) groups excluding carboxylic acids is 1. The third-order valence-corrected chi connectivity index (χ3v) is 4.87. The number of nitrogens with zero attached hydrogens (tertiary/aromatic N) is 1. The van der Waals surface area contributed by atoms with E-state index in [4.69, 9.17) is 17.3 Å². The van der Waals surface area contributed by atoms with Gasteiger partial charge in [0.05, 0.1) is 10.6 Å². The van der Waals surface area contributed by atoms with Gasteiger partial charge in [0.15, 0.2) is 0 Å². The SMILES string of the molecule is NC1CCCC2CN(C(=O)c3ccccc3Cl)CC12. The maximum absolute atomic E-state index is 12.5. The quantitative estimate of drug-likeness (QED) is 0.858. The molecule has 102 valence electrons. The molecule has 0 bridgehead atoms. The predicted octanol–water partition coefficient (Wildman–Crippen LogP) is 2.54. The molecule has 2 aliphatic rings. The summed E-state index contributed by atoms with van der Waals surface area (Å²) in [7, 11) is 0. The molecule has 1 aromatic carbocycles. The van der Waals surface area contributed by atoms with Crippen molar-refractivity contribution in [3.8, 4) is 0 Å². The first kappa shape index (κ1) is 12.9. The van der Waals surface area contributed by atoms with Gasteiger partial charge in [0.1, 0.15) is 0 Å². The number of amides is 1. The van der Waals surface area contributed by atoms with Crippen LogP contribution < -0.4 is 5.73 Å². The summed E-state index contributed by atoms with van der Waals surface area (Å²) in [6.07, 6.45) is 3.48. The smallest absolute Gasteiger partial charge is 0.255 e. The number of nitrogens with two attached hydrogens (primary N) is 1. The lowest BCUT2D eigenvalue weighted by Crippen LogP contribution is -2.38. The van der Waals surface area contributed by atoms with Gasteiger partial charge in [-0.1, -0.05) is 30.2 Å². The molecule has 2 fully saturated rings. The number of fused-ring (bicyclic) bond motifs is 1. The minimum atomic E-state index is 0.0483. The van der Waals surface area contributed by atoms with Crippen molar-refractivity contribution in [2.75, 3.05) is 13.1 Å². The summed E-state index contributed by atoms with van der Waals surface area (Å²) in [6, 6.07) is 7.52. The van der Waals surface area contributed by atoms with Gasteiger partial charge in [0.25, 0.3) is 5.91 Å². The summed E-state index contributed by atoms with van der Waals surface area (Å²) in [5, 5.41) is 0.534. The molecule has 1 aromatic rings. The van der Waals surface area contributed by atoms with E-state index in [0.29, 0.717) is 22.4 Å². The lowest BCUT2D eigenvalue weighted by atomic mass is 9.78. The van der Waals surface area contributed by atoms with Gasteiger partial charge in [-0.3, -0.25) is 4.79 Å². The van der Waals surface area contributed by atoms with E-state index >= 15 is 0 Å². The third-order valence-electron chi connectivity index (χ3n) is 4.55. The molecule has 19 heavy (non-hydrogen) atoms. The summed E-state index contributed by atoms with van der Waals surface area (Å²) in [4.78, 5) is 14.5. The molecule has 0 aromatic heterocycles. The van der Waals surface area contributed by atoms with E-state index in [2.05, 4.69) is 0 Å². The minimum absolute atomic E-state index is 0.0483. The average Bonchev–Trinajstić information content (AvgIpc) is 2.84. The van der Waals surface area contributed by atoms with Gasteiger partial charge in [0, 0.05) is 19.1 Å². The second-order valence-electron chi connectivity index (χ2n) is 5.71. The van der Waals surface area contributed by atoms with Crippen LogP contribution in [-0.2, 0) is 0 Å². The highest BCUT2D eigenvalue weighted by atomic mass is 35.5. The lowest BCUT2D eigenvalue weighted by molar-refractivity contribution is 0.0783. The van der Waals surface area contributed by atoms with Gasteiger partial charge in [-0.05, 0) is 36.8 Å². The second kappa shape index (κ2) is 5.14. The van der Waals surface area contributed by atoms with Crippen molar-refractivity contribution in [2.24, 2.45) is 17.6 Å². The van der Waals surface area contributed by atoms with Crippen molar-refractivity contribution in [1.82, 2.24) is 4.90 Å². The highest BCUT2D eigenvalue weighted by Gasteiger charge is 2.40. The lowest BCUT2D eigenvalue weighted by Gasteiger charge is -2.29. The van der Waals surface area contributed by atoms with Crippen LogP contribution in [0.4, 0.5) is 0 Å². The number of hydrogen-bond donors (Lipinski definition) is 1. The van der Waals surface area contributed by atoms with Crippen molar-refractivity contribution in [2.45, 2.75) is 25.3 Å². The number of rotatable bonds is 1. The van der Waals surface area contributed by atoms with Crippen LogP contribution in [0.15, 0.2) is 24.3 Å². The molecule has 3 unspecified atom stereocenters. The van der Waals surface area contributed by atoms with E-state index in [-0.39, 0.29) is 11.9 Å². The van der Waals surface area contributed by atoms with E-state index in [9.17, 15) is 4.79 Å². The molecule has 1 aliphatic heterocycles. The molecule has 0 spiro atoms. The van der Waals surface area contributed by atoms with Gasteiger partial charge < -0.3 is 10.6 Å². The third kappa shape index (κ3) is 2.37. The van der Waals surface area contributed by atoms with Gasteiger partial charge >= 0.3 is 0 Å². The molecule has 3 atom stereocenters. The molecule has 1 amide bonds. The Balaban J connectivity index is 1.78. The normalized spacial score (nSPS) is 30.2. The Morgan fingerprint density at radius 3 is 2.79 bits per heavy atom. The highest BCUT2D eigenvalue weighted by molar-refractivity contribution is 6.33. The summed E-state index contributed by atoms with van der Waals surface area (Å²) >= 11 is 6.11. The first-order chi connectivity index (χ1) is 9.16. The number of halogens is 1. The van der Waals surface area contributed by atoms with Crippen LogP contribution in [0.2, 0.25) is 5.02 Å². The number of benzene rings is 1. The van der Waals surface area contributed by atoms with E-state index in [1.54, 1.807) is 12.1 Å². The Hall–Kier alpha value is -1.06. The summed E-state index contributed by atoms with van der Waals surface area (Å²) in [6.45, 7) is 1.62. The molecule has 1 aliphatic carbocycles. The molecule has 0 radical (unpaired) electrons. The first-order valence-corrected chi connectivity index (χ1v) is 7.34. The number of likely N-dealkylation sites (tertiary alicyclic amines) is 1. The fourth-order valence-electron chi connectivity index (χ4n) is 3.49. The van der Waals surface area contributed by atoms with Crippen molar-refractivity contribution >= 4 is 17.5 Å². The maximum Gasteiger partial charge on any atom is 0.255 e. The van der Waals surface area contributed by atoms with Crippen molar-refractivity contribution < 1.29 is 4.79 Å². The van der Waals surface area contributed by atoms with E-state index in [1.807, 2.05) is 17.0 Å². The van der Waals surface area contributed by atoms with Gasteiger partial charge in [0.2, 0.25) is 0 Å². The van der Waals surface area contributed by atoms with Crippen LogP contribution in [0.3, 0.4) is 0 Å². The Labute approximate surface area is 118 Å². The topological polar surface area (TPSA) is 46.3 Å². The summed E-state index contributed by atoms with van der Waals surface area (Å²) < 4.78 is 0. The van der Waals surface area contributed by atoms with Crippen LogP contribution in [0.5, 0.6) is 0 Å². The first-order valence-electron chi connectivity index (χ1n) is 6.96. The van der Waals surface area contributed by atoms with E-state index < -0.39 is 0 Å². The summed E-state index contributed by atoms with van der Waals surface area (Å²) in [5.74, 6) is 1.10. The molecule has 1 saturated heterocycles. The molecular weight excluding hydrogens is 260 g/mol. The molecule has 3 rings (SSSR count). The maximum atomic E-state index is 12.5. The number of carbonyl (C=O) groups is 1. The standard InChI is InChI=1S/C15H19ClN2O/c16-13-6-2-1-5-11(13)15(19)18-8-10-4-3-7-14(17)12(10)9-18/h1-2,5-6,10,12,14H,3-4,7-9,17H2. The van der Waals surface area contributed by atoms with Crippen LogP contribution in [0, 0.1) is 11.8 Å². The van der Waals surface area contributed by atoms with Gasteiger partial charge in [-0.2, -0.15) is 0 Å². The fourth-order valence-corrected chi connectivity index (χ4v) is 3.70. The fraction of sp³-hybridized carbons (Fsp3) is 0.533. The summed E-state index contributed by atoms with van der Waals surface area (Å²) in [5.41, 5.74) is 6.79. The average molecular weight is 279 g/mol. The number of hydrogen-bond acceptors (Lipinski definition) is 2. The van der Waals surface area contributed by atoms with E-state index in [1.165, 1.54) is 12.8 Å². The zero-order valence-corrected chi connectivity index (χ0v) is 11.6. The zero-order chi connectivity index (χ0) is 13.4. The Kier molecular flexibility index (Phi) is 3.50. The molecule has 3 nitrogen and oxygen atoms in total. The van der Waals surface area contributed by atoms with Crippen LogP contribution in [0.1, 0.15) is 29.6 Å². The Morgan fingerprint density at radius 1 is 1.26 bits per heavy atom. The van der Waals surface area contributed by atoms with Crippen molar-refractivity contribution in [3.05, 3.63) is 34.9 Å². The minimum Gasteiger partial charge on any atom is -0.338 e. The monoisotopic (exact) mass is 278 g/mol. The Morgan fingerprint density at radius 2 is 2.05 bits per heavy atom. The van der Waals surface area contributed by atoms with Crippen molar-refractivity contribution in [3.63, 3.8) is 0 Å². The van der Waals surface area contributed by atoms with E-state index in [0.717, 1.165) is 19.5 Å². The molecule has 1 heterocycles. The highest BCUT2D eigenvalue weighted by Crippen LogP contribution is 2.36. The molecule has 1 saturated carbocycles. The van der Waals surface area contributed by atoms with Gasteiger partial charge in [-0.25, -0.2) is 0 Å².